The van der Waals surface area contributed by atoms with Gasteiger partial charge in [-0.2, -0.15) is 0 Å². The predicted octanol–water partition coefficient (Wildman–Crippen LogP) is 1.72. The summed E-state index contributed by atoms with van der Waals surface area (Å²) in [5.41, 5.74) is 0.632. The Morgan fingerprint density at radius 1 is 1.38 bits per heavy atom. The van der Waals surface area contributed by atoms with Gasteiger partial charge in [0, 0.05) is 19.1 Å². The van der Waals surface area contributed by atoms with Gasteiger partial charge in [-0.1, -0.05) is 6.92 Å². The molecule has 2 nitrogen and oxygen atoms in total. The number of likely N-dealkylation sites (tertiary alicyclic amines) is 1. The third-order valence-electron chi connectivity index (χ3n) is 3.46. The van der Waals surface area contributed by atoms with E-state index < -0.39 is 0 Å². The Morgan fingerprint density at radius 3 is 2.38 bits per heavy atom. The standard InChI is InChI=1S/C11H24N2/c1-5-11(6-7-12-4)8-13(9-11)10(2)3/h10,12H,5-9H2,1-4H3. The van der Waals surface area contributed by atoms with Crippen molar-refractivity contribution in [1.82, 2.24) is 10.2 Å². The van der Waals surface area contributed by atoms with E-state index in [4.69, 9.17) is 0 Å². The molecular weight excluding hydrogens is 160 g/mol. The molecule has 0 aromatic carbocycles. The molecule has 2 heteroatoms. The molecule has 1 aliphatic heterocycles. The van der Waals surface area contributed by atoms with E-state index in [0.717, 1.165) is 6.04 Å². The van der Waals surface area contributed by atoms with E-state index in [-0.39, 0.29) is 0 Å². The minimum atomic E-state index is 0.632. The first-order chi connectivity index (χ1) is 6.13. The Labute approximate surface area is 82.7 Å². The molecule has 0 radical (unpaired) electrons. The quantitative estimate of drug-likeness (QED) is 0.700. The Morgan fingerprint density at radius 2 is 2.00 bits per heavy atom. The molecule has 13 heavy (non-hydrogen) atoms. The van der Waals surface area contributed by atoms with Gasteiger partial charge < -0.3 is 5.32 Å². The molecule has 0 aromatic rings. The zero-order valence-electron chi connectivity index (χ0n) is 9.56. The molecular formula is C11H24N2. The molecule has 0 aromatic heterocycles. The Hall–Kier alpha value is -0.0800. The maximum Gasteiger partial charge on any atom is 0.00536 e. The second kappa shape index (κ2) is 4.43. The van der Waals surface area contributed by atoms with E-state index in [9.17, 15) is 0 Å². The highest BCUT2D eigenvalue weighted by atomic mass is 15.2. The van der Waals surface area contributed by atoms with Crippen molar-refractivity contribution in [1.29, 1.82) is 0 Å². The van der Waals surface area contributed by atoms with Crippen LogP contribution in [0.25, 0.3) is 0 Å². The van der Waals surface area contributed by atoms with E-state index >= 15 is 0 Å². The topological polar surface area (TPSA) is 15.3 Å². The van der Waals surface area contributed by atoms with E-state index in [1.165, 1.54) is 32.5 Å². The Bertz CT molecular complexity index is 148. The molecule has 1 heterocycles. The fraction of sp³-hybridized carbons (Fsp3) is 1.00. The van der Waals surface area contributed by atoms with Gasteiger partial charge >= 0.3 is 0 Å². The summed E-state index contributed by atoms with van der Waals surface area (Å²) >= 11 is 0. The van der Waals surface area contributed by atoms with Crippen LogP contribution < -0.4 is 5.32 Å². The summed E-state index contributed by atoms with van der Waals surface area (Å²) in [5, 5.41) is 3.25. The largest absolute Gasteiger partial charge is 0.320 e. The predicted molar refractivity (Wildman–Crippen MR) is 58.0 cm³/mol. The fourth-order valence-electron chi connectivity index (χ4n) is 2.13. The van der Waals surface area contributed by atoms with Crippen LogP contribution in [0.4, 0.5) is 0 Å². The summed E-state index contributed by atoms with van der Waals surface area (Å²) in [4.78, 5) is 2.57. The average Bonchev–Trinajstić information content (AvgIpc) is 2.03. The van der Waals surface area contributed by atoms with Crippen molar-refractivity contribution in [3.8, 4) is 0 Å². The van der Waals surface area contributed by atoms with Crippen molar-refractivity contribution < 1.29 is 0 Å². The maximum atomic E-state index is 3.25. The van der Waals surface area contributed by atoms with Crippen LogP contribution in [0.2, 0.25) is 0 Å². The number of hydrogen-bond acceptors (Lipinski definition) is 2. The lowest BCUT2D eigenvalue weighted by Crippen LogP contribution is -2.58. The van der Waals surface area contributed by atoms with Crippen LogP contribution in [0, 0.1) is 5.41 Å². The van der Waals surface area contributed by atoms with E-state index in [0.29, 0.717) is 5.41 Å². The van der Waals surface area contributed by atoms with Crippen molar-refractivity contribution in [3.05, 3.63) is 0 Å². The van der Waals surface area contributed by atoms with Gasteiger partial charge in [-0.3, -0.25) is 4.90 Å². The molecule has 0 bridgehead atoms. The van der Waals surface area contributed by atoms with Crippen molar-refractivity contribution in [3.63, 3.8) is 0 Å². The van der Waals surface area contributed by atoms with Crippen molar-refractivity contribution in [2.45, 2.75) is 39.7 Å². The number of nitrogens with zero attached hydrogens (tertiary/aromatic N) is 1. The van der Waals surface area contributed by atoms with Gasteiger partial charge in [0.05, 0.1) is 0 Å². The lowest BCUT2D eigenvalue weighted by molar-refractivity contribution is -0.0299. The third kappa shape index (κ3) is 2.44. The third-order valence-corrected chi connectivity index (χ3v) is 3.46. The molecule has 0 aliphatic carbocycles. The van der Waals surface area contributed by atoms with Gasteiger partial charge in [-0.15, -0.1) is 0 Å². The van der Waals surface area contributed by atoms with Gasteiger partial charge in [0.15, 0.2) is 0 Å². The zero-order valence-corrected chi connectivity index (χ0v) is 9.56. The first-order valence-corrected chi connectivity index (χ1v) is 5.52. The normalized spacial score (nSPS) is 21.9. The minimum absolute atomic E-state index is 0.632. The van der Waals surface area contributed by atoms with Crippen molar-refractivity contribution in [2.24, 2.45) is 5.41 Å². The van der Waals surface area contributed by atoms with Crippen LogP contribution in [-0.2, 0) is 0 Å². The fourth-order valence-corrected chi connectivity index (χ4v) is 2.13. The van der Waals surface area contributed by atoms with Crippen LogP contribution in [-0.4, -0.2) is 37.6 Å². The molecule has 1 saturated heterocycles. The van der Waals surface area contributed by atoms with Crippen LogP contribution in [0.15, 0.2) is 0 Å². The van der Waals surface area contributed by atoms with Gasteiger partial charge in [0.25, 0.3) is 0 Å². The van der Waals surface area contributed by atoms with Gasteiger partial charge in [0.2, 0.25) is 0 Å². The molecule has 0 spiro atoms. The summed E-state index contributed by atoms with van der Waals surface area (Å²) in [6.07, 6.45) is 2.67. The highest BCUT2D eigenvalue weighted by Crippen LogP contribution is 2.37. The molecule has 1 fully saturated rings. The molecule has 1 aliphatic rings. The minimum Gasteiger partial charge on any atom is -0.320 e. The van der Waals surface area contributed by atoms with Crippen LogP contribution in [0.3, 0.4) is 0 Å². The number of hydrogen-bond donors (Lipinski definition) is 1. The second-order valence-corrected chi connectivity index (χ2v) is 4.71. The first kappa shape index (κ1) is 11.0. The highest BCUT2D eigenvalue weighted by molar-refractivity contribution is 4.95. The van der Waals surface area contributed by atoms with Crippen LogP contribution in [0.5, 0.6) is 0 Å². The monoisotopic (exact) mass is 184 g/mol. The van der Waals surface area contributed by atoms with Crippen LogP contribution in [0.1, 0.15) is 33.6 Å². The molecule has 78 valence electrons. The zero-order chi connectivity index (χ0) is 9.90. The number of rotatable bonds is 5. The highest BCUT2D eigenvalue weighted by Gasteiger charge is 2.41. The molecule has 1 rings (SSSR count). The molecule has 0 unspecified atom stereocenters. The molecule has 1 N–H and O–H groups in total. The Balaban J connectivity index is 2.31. The smallest absolute Gasteiger partial charge is 0.00536 e. The SMILES string of the molecule is CCC1(CCNC)CN(C(C)C)C1. The van der Waals surface area contributed by atoms with Crippen molar-refractivity contribution >= 4 is 0 Å². The van der Waals surface area contributed by atoms with Gasteiger partial charge in [-0.25, -0.2) is 0 Å². The van der Waals surface area contributed by atoms with E-state index in [2.05, 4.69) is 31.0 Å². The van der Waals surface area contributed by atoms with Gasteiger partial charge in [-0.05, 0) is 45.7 Å². The lowest BCUT2D eigenvalue weighted by atomic mass is 9.74. The average molecular weight is 184 g/mol. The van der Waals surface area contributed by atoms with E-state index in [1.54, 1.807) is 0 Å². The molecule has 0 amide bonds. The first-order valence-electron chi connectivity index (χ1n) is 5.52. The number of nitrogens with one attached hydrogen (secondary N) is 1. The van der Waals surface area contributed by atoms with Gasteiger partial charge in [0.1, 0.15) is 0 Å². The molecule has 0 saturated carbocycles. The second-order valence-electron chi connectivity index (χ2n) is 4.71. The molecule has 0 atom stereocenters. The van der Waals surface area contributed by atoms with Crippen molar-refractivity contribution in [2.75, 3.05) is 26.7 Å². The maximum absolute atomic E-state index is 3.25. The van der Waals surface area contributed by atoms with Crippen LogP contribution >= 0.6 is 0 Å². The summed E-state index contributed by atoms with van der Waals surface area (Å²) in [5.74, 6) is 0. The lowest BCUT2D eigenvalue weighted by Gasteiger charge is -2.52. The summed E-state index contributed by atoms with van der Waals surface area (Å²) in [6, 6.07) is 0.731. The summed E-state index contributed by atoms with van der Waals surface area (Å²) < 4.78 is 0. The van der Waals surface area contributed by atoms with E-state index in [1.807, 2.05) is 7.05 Å². The summed E-state index contributed by atoms with van der Waals surface area (Å²) in [6.45, 7) is 10.7. The Kier molecular flexibility index (Phi) is 3.74. The summed E-state index contributed by atoms with van der Waals surface area (Å²) in [7, 11) is 2.04.